The molecule has 1 saturated heterocycles. The first-order chi connectivity index (χ1) is 11.4. The lowest BCUT2D eigenvalue weighted by Gasteiger charge is -2.34. The number of carbonyl (C=O) groups is 1. The number of amides is 1. The van der Waals surface area contributed by atoms with Crippen LogP contribution < -0.4 is 0 Å². The lowest BCUT2D eigenvalue weighted by Crippen LogP contribution is -2.43. The average Bonchev–Trinajstić information content (AvgIpc) is 3.06. The van der Waals surface area contributed by atoms with Crippen LogP contribution in [0.15, 0.2) is 10.5 Å². The lowest BCUT2D eigenvalue weighted by atomic mass is 9.97. The maximum absolute atomic E-state index is 13.0. The fourth-order valence-corrected chi connectivity index (χ4v) is 3.72. The van der Waals surface area contributed by atoms with Gasteiger partial charge in [0, 0.05) is 18.7 Å². The van der Waals surface area contributed by atoms with Gasteiger partial charge < -0.3 is 9.32 Å². The monoisotopic (exact) mass is 330 g/mol. The Morgan fingerprint density at radius 3 is 2.67 bits per heavy atom. The van der Waals surface area contributed by atoms with Crippen molar-refractivity contribution in [1.29, 1.82) is 0 Å². The van der Waals surface area contributed by atoms with Crippen LogP contribution in [0.2, 0.25) is 0 Å². The van der Waals surface area contributed by atoms with Gasteiger partial charge in [-0.05, 0) is 53.5 Å². The average molecular weight is 330 g/mol. The number of carbonyl (C=O) groups excluding carboxylic acids is 1. The Bertz CT molecular complexity index is 746. The first-order valence-electron chi connectivity index (χ1n) is 8.62. The Morgan fingerprint density at radius 2 is 2.08 bits per heavy atom. The number of piperidine rings is 1. The van der Waals surface area contributed by atoms with E-state index in [0.29, 0.717) is 6.54 Å². The molecule has 6 heteroatoms. The zero-order valence-electron chi connectivity index (χ0n) is 15.2. The Balaban J connectivity index is 1.75. The number of rotatable bonds is 3. The number of likely N-dealkylation sites (tertiary alicyclic amines) is 1. The molecule has 0 spiro atoms. The van der Waals surface area contributed by atoms with Crippen LogP contribution in [0, 0.1) is 27.7 Å². The van der Waals surface area contributed by atoms with Crippen LogP contribution in [-0.4, -0.2) is 38.7 Å². The molecule has 6 nitrogen and oxygen atoms in total. The zero-order chi connectivity index (χ0) is 17.4. The van der Waals surface area contributed by atoms with Gasteiger partial charge in [0.05, 0.1) is 12.0 Å². The van der Waals surface area contributed by atoms with Crippen molar-refractivity contribution in [3.05, 3.63) is 34.8 Å². The minimum Gasteiger partial charge on any atom is -0.466 e. The molecule has 3 heterocycles. The van der Waals surface area contributed by atoms with E-state index in [9.17, 15) is 4.79 Å². The Hall–Kier alpha value is -2.11. The van der Waals surface area contributed by atoms with Crippen LogP contribution in [0.1, 0.15) is 60.5 Å². The number of aryl methyl sites for hydroxylation is 4. The second-order valence-corrected chi connectivity index (χ2v) is 6.82. The third-order valence-corrected chi connectivity index (χ3v) is 4.88. The summed E-state index contributed by atoms with van der Waals surface area (Å²) in [6.45, 7) is 11.2. The summed E-state index contributed by atoms with van der Waals surface area (Å²) < 4.78 is 7.57. The number of furan rings is 1. The van der Waals surface area contributed by atoms with E-state index >= 15 is 0 Å². The molecule has 0 aliphatic carbocycles. The third-order valence-electron chi connectivity index (χ3n) is 4.88. The standard InChI is InChI=1S/C18H26N4O2/c1-11-9-17(13(3)24-11)12(2)18(23)21-8-6-7-16(10-21)22-15(5)19-14(4)20-22/h9,12,16H,6-8,10H2,1-5H3. The highest BCUT2D eigenvalue weighted by molar-refractivity contribution is 5.83. The molecule has 1 aliphatic heterocycles. The van der Waals surface area contributed by atoms with E-state index < -0.39 is 0 Å². The molecule has 0 N–H and O–H groups in total. The molecular weight excluding hydrogens is 304 g/mol. The number of aromatic nitrogens is 3. The van der Waals surface area contributed by atoms with Crippen molar-refractivity contribution in [2.45, 2.75) is 59.4 Å². The highest BCUT2D eigenvalue weighted by Gasteiger charge is 2.30. The van der Waals surface area contributed by atoms with E-state index in [1.165, 1.54) is 0 Å². The van der Waals surface area contributed by atoms with E-state index in [2.05, 4.69) is 10.1 Å². The predicted molar refractivity (Wildman–Crippen MR) is 90.9 cm³/mol. The van der Waals surface area contributed by atoms with E-state index in [1.807, 2.05) is 50.3 Å². The molecule has 0 radical (unpaired) electrons. The van der Waals surface area contributed by atoms with Crippen LogP contribution in [0.5, 0.6) is 0 Å². The quantitative estimate of drug-likeness (QED) is 0.867. The Labute approximate surface area is 142 Å². The van der Waals surface area contributed by atoms with Gasteiger partial charge in [0.2, 0.25) is 5.91 Å². The van der Waals surface area contributed by atoms with Gasteiger partial charge in [0.25, 0.3) is 0 Å². The minimum absolute atomic E-state index is 0.165. The zero-order valence-corrected chi connectivity index (χ0v) is 15.2. The van der Waals surface area contributed by atoms with Crippen molar-refractivity contribution >= 4 is 5.91 Å². The topological polar surface area (TPSA) is 64.2 Å². The number of nitrogens with zero attached hydrogens (tertiary/aromatic N) is 4. The van der Waals surface area contributed by atoms with Gasteiger partial charge in [0.1, 0.15) is 23.2 Å². The number of hydrogen-bond donors (Lipinski definition) is 0. The van der Waals surface area contributed by atoms with Gasteiger partial charge in [0.15, 0.2) is 0 Å². The van der Waals surface area contributed by atoms with Gasteiger partial charge in [-0.25, -0.2) is 9.67 Å². The van der Waals surface area contributed by atoms with Crippen molar-refractivity contribution in [3.63, 3.8) is 0 Å². The van der Waals surface area contributed by atoms with E-state index in [0.717, 1.165) is 48.1 Å². The molecule has 1 fully saturated rings. The first kappa shape index (κ1) is 16.7. The summed E-state index contributed by atoms with van der Waals surface area (Å²) in [7, 11) is 0. The predicted octanol–water partition coefficient (Wildman–Crippen LogP) is 3.07. The summed E-state index contributed by atoms with van der Waals surface area (Å²) in [5, 5.41) is 4.50. The molecule has 2 aromatic rings. The van der Waals surface area contributed by atoms with Crippen LogP contribution in [0.25, 0.3) is 0 Å². The molecule has 2 aromatic heterocycles. The van der Waals surface area contributed by atoms with Crippen molar-refractivity contribution in [1.82, 2.24) is 19.7 Å². The summed E-state index contributed by atoms with van der Waals surface area (Å²) >= 11 is 0. The Kier molecular flexibility index (Phi) is 4.47. The summed E-state index contributed by atoms with van der Waals surface area (Å²) in [6.07, 6.45) is 2.02. The maximum atomic E-state index is 13.0. The second kappa shape index (κ2) is 6.42. The van der Waals surface area contributed by atoms with E-state index in [4.69, 9.17) is 4.42 Å². The van der Waals surface area contributed by atoms with Crippen LogP contribution in [0.4, 0.5) is 0 Å². The molecule has 24 heavy (non-hydrogen) atoms. The molecule has 1 aliphatic rings. The van der Waals surface area contributed by atoms with Crippen LogP contribution >= 0.6 is 0 Å². The molecule has 0 saturated carbocycles. The van der Waals surface area contributed by atoms with Gasteiger partial charge in [-0.3, -0.25) is 4.79 Å². The molecule has 2 atom stereocenters. The summed E-state index contributed by atoms with van der Waals surface area (Å²) in [5.74, 6) is 3.38. The Morgan fingerprint density at radius 1 is 1.33 bits per heavy atom. The van der Waals surface area contributed by atoms with E-state index in [-0.39, 0.29) is 17.9 Å². The van der Waals surface area contributed by atoms with Gasteiger partial charge in [-0.2, -0.15) is 5.10 Å². The van der Waals surface area contributed by atoms with Crippen molar-refractivity contribution < 1.29 is 9.21 Å². The third kappa shape index (κ3) is 3.09. The van der Waals surface area contributed by atoms with Crippen molar-refractivity contribution in [2.24, 2.45) is 0 Å². The summed E-state index contributed by atoms with van der Waals surface area (Å²) in [6, 6.07) is 2.19. The molecular formula is C18H26N4O2. The number of hydrogen-bond acceptors (Lipinski definition) is 4. The van der Waals surface area contributed by atoms with Crippen molar-refractivity contribution in [3.8, 4) is 0 Å². The summed E-state index contributed by atoms with van der Waals surface area (Å²) in [4.78, 5) is 19.3. The van der Waals surface area contributed by atoms with Gasteiger partial charge in [-0.1, -0.05) is 0 Å². The lowest BCUT2D eigenvalue weighted by molar-refractivity contribution is -0.134. The largest absolute Gasteiger partial charge is 0.466 e. The minimum atomic E-state index is -0.181. The molecule has 0 aromatic carbocycles. The molecule has 0 bridgehead atoms. The normalized spacial score (nSPS) is 19.5. The fourth-order valence-electron chi connectivity index (χ4n) is 3.72. The molecule has 1 amide bonds. The molecule has 130 valence electrons. The van der Waals surface area contributed by atoms with E-state index in [1.54, 1.807) is 0 Å². The van der Waals surface area contributed by atoms with Crippen molar-refractivity contribution in [2.75, 3.05) is 13.1 Å². The van der Waals surface area contributed by atoms with Gasteiger partial charge in [-0.15, -0.1) is 0 Å². The summed E-state index contributed by atoms with van der Waals surface area (Å²) in [5.41, 5.74) is 0.993. The smallest absolute Gasteiger partial charge is 0.230 e. The van der Waals surface area contributed by atoms with Gasteiger partial charge >= 0.3 is 0 Å². The fraction of sp³-hybridized carbons (Fsp3) is 0.611. The highest BCUT2D eigenvalue weighted by Crippen LogP contribution is 2.28. The van der Waals surface area contributed by atoms with Crippen LogP contribution in [0.3, 0.4) is 0 Å². The maximum Gasteiger partial charge on any atom is 0.230 e. The first-order valence-corrected chi connectivity index (χ1v) is 8.62. The molecule has 2 unspecified atom stereocenters. The van der Waals surface area contributed by atoms with Crippen LogP contribution in [-0.2, 0) is 4.79 Å². The second-order valence-electron chi connectivity index (χ2n) is 6.82. The highest BCUT2D eigenvalue weighted by atomic mass is 16.3. The molecule has 3 rings (SSSR count). The SMILES string of the molecule is Cc1nc(C)n(C2CCCN(C(=O)C(C)c3cc(C)oc3C)C2)n1.